The molecule has 5 nitrogen and oxygen atoms in total. The first-order chi connectivity index (χ1) is 14.1. The number of carbonyl (C=O) groups is 2. The second kappa shape index (κ2) is 10.3. The van der Waals surface area contributed by atoms with Crippen LogP contribution in [0.15, 0.2) is 45.2 Å². The van der Waals surface area contributed by atoms with Crippen LogP contribution in [0, 0.1) is 0 Å². The van der Waals surface area contributed by atoms with E-state index in [0.29, 0.717) is 4.47 Å². The highest BCUT2D eigenvalue weighted by molar-refractivity contribution is 9.10. The van der Waals surface area contributed by atoms with Crippen molar-refractivity contribution >= 4 is 39.5 Å². The number of ether oxygens (including phenoxy) is 2. The van der Waals surface area contributed by atoms with E-state index in [1.807, 2.05) is 5.32 Å². The van der Waals surface area contributed by atoms with Gasteiger partial charge in [-0.05, 0) is 31.5 Å². The van der Waals surface area contributed by atoms with Gasteiger partial charge in [-0.25, -0.2) is 27.2 Å². The summed E-state index contributed by atoms with van der Waals surface area (Å²) < 4.78 is 65.4. The van der Waals surface area contributed by atoms with Crippen molar-refractivity contribution in [1.82, 2.24) is 5.32 Å². The molecule has 0 amide bonds. The molecule has 0 bridgehead atoms. The van der Waals surface area contributed by atoms with Crippen LogP contribution in [0.25, 0.3) is 0 Å². The largest absolute Gasteiger partial charge is 0.463 e. The molecule has 1 aromatic rings. The number of nitrogens with one attached hydrogen (secondary N) is 1. The first-order valence-electron chi connectivity index (χ1n) is 8.74. The molecule has 11 heteroatoms. The van der Waals surface area contributed by atoms with E-state index < -0.39 is 53.2 Å². The van der Waals surface area contributed by atoms with Crippen LogP contribution < -0.4 is 5.32 Å². The molecule has 0 aromatic heterocycles. The number of halogens is 6. The topological polar surface area (TPSA) is 64.6 Å². The third-order valence-corrected chi connectivity index (χ3v) is 4.95. The van der Waals surface area contributed by atoms with E-state index >= 15 is 0 Å². The van der Waals surface area contributed by atoms with Gasteiger partial charge in [-0.1, -0.05) is 33.6 Å². The van der Waals surface area contributed by atoms with Gasteiger partial charge in [0.25, 0.3) is 12.9 Å². The molecule has 1 N–H and O–H groups in total. The monoisotopic (exact) mass is 513 g/mol. The maximum Gasteiger partial charge on any atom is 0.336 e. The van der Waals surface area contributed by atoms with E-state index in [2.05, 4.69) is 15.9 Å². The van der Waals surface area contributed by atoms with Crippen molar-refractivity contribution in [3.63, 3.8) is 0 Å². The first kappa shape index (κ1) is 24.2. The van der Waals surface area contributed by atoms with Crippen LogP contribution in [0.5, 0.6) is 0 Å². The molecule has 0 atom stereocenters. The molecule has 0 aliphatic carbocycles. The van der Waals surface area contributed by atoms with E-state index in [1.165, 1.54) is 32.0 Å². The van der Waals surface area contributed by atoms with Gasteiger partial charge in [0.15, 0.2) is 0 Å². The Balaban J connectivity index is 2.89. The summed E-state index contributed by atoms with van der Waals surface area (Å²) in [6, 6.07) is 4.19. The van der Waals surface area contributed by atoms with E-state index in [4.69, 9.17) is 21.1 Å². The number of allylic oxidation sites excluding steroid dienone is 2. The fourth-order valence-electron chi connectivity index (χ4n) is 3.00. The third kappa shape index (κ3) is 4.97. The van der Waals surface area contributed by atoms with Crippen LogP contribution in [0.4, 0.5) is 17.6 Å². The predicted octanol–water partition coefficient (Wildman–Crippen LogP) is 4.95. The molecule has 0 radical (unpaired) electrons. The predicted molar refractivity (Wildman–Crippen MR) is 104 cm³/mol. The number of rotatable bonds is 7. The smallest absolute Gasteiger partial charge is 0.336 e. The molecule has 1 aliphatic heterocycles. The van der Waals surface area contributed by atoms with Crippen molar-refractivity contribution in [1.29, 1.82) is 0 Å². The molecule has 0 unspecified atom stereocenters. The molecular weight excluding hydrogens is 498 g/mol. The maximum atomic E-state index is 13.8. The number of dihydropyridines is 1. The van der Waals surface area contributed by atoms with Gasteiger partial charge in [-0.2, -0.15) is 0 Å². The maximum absolute atomic E-state index is 13.8. The first-order valence-corrected chi connectivity index (χ1v) is 9.91. The SMILES string of the molecule is CCOC(=O)C1=C(C(F)F)NC(C(F)F)=C(C(=O)OCC)C1c1ccc(Br)cc1Cl. The molecule has 1 aliphatic rings. The van der Waals surface area contributed by atoms with Crippen LogP contribution in [0.1, 0.15) is 25.3 Å². The number of carbonyl (C=O) groups excluding carboxylic acids is 2. The number of benzene rings is 1. The molecular formula is C19H17BrClF4NO4. The third-order valence-electron chi connectivity index (χ3n) is 4.13. The average Bonchev–Trinajstić information content (AvgIpc) is 2.66. The second-order valence-electron chi connectivity index (χ2n) is 5.92. The lowest BCUT2D eigenvalue weighted by atomic mass is 9.80. The van der Waals surface area contributed by atoms with Crippen LogP contribution in [0.3, 0.4) is 0 Å². The molecule has 1 heterocycles. The molecule has 0 saturated heterocycles. The number of hydrogen-bond donors (Lipinski definition) is 1. The highest BCUT2D eigenvalue weighted by Gasteiger charge is 2.44. The molecule has 0 saturated carbocycles. The molecule has 1 aromatic carbocycles. The lowest BCUT2D eigenvalue weighted by Gasteiger charge is -2.32. The quantitative estimate of drug-likeness (QED) is 0.412. The molecule has 30 heavy (non-hydrogen) atoms. The summed E-state index contributed by atoms with van der Waals surface area (Å²) in [4.78, 5) is 25.2. The standard InChI is InChI=1S/C19H17BrClF4NO4/c1-3-29-18(27)12-11(9-6-5-8(20)7-10(9)21)13(19(28)30-4-2)15(17(24)25)26-14(12)16(22)23/h5-7,11,16-17,26H,3-4H2,1-2H3. The summed E-state index contributed by atoms with van der Waals surface area (Å²) in [6.07, 6.45) is -6.67. The van der Waals surface area contributed by atoms with Gasteiger partial charge >= 0.3 is 11.9 Å². The summed E-state index contributed by atoms with van der Waals surface area (Å²) >= 11 is 9.42. The van der Waals surface area contributed by atoms with E-state index in [0.717, 1.165) is 0 Å². The number of alkyl halides is 4. The van der Waals surface area contributed by atoms with Crippen LogP contribution in [-0.4, -0.2) is 38.0 Å². The van der Waals surface area contributed by atoms with Gasteiger partial charge in [0, 0.05) is 9.50 Å². The Kier molecular flexibility index (Phi) is 8.31. The molecule has 2 rings (SSSR count). The van der Waals surface area contributed by atoms with Gasteiger partial charge < -0.3 is 14.8 Å². The highest BCUT2D eigenvalue weighted by Crippen LogP contribution is 2.44. The Labute approximate surface area is 183 Å². The van der Waals surface area contributed by atoms with Gasteiger partial charge in [0.1, 0.15) is 0 Å². The molecule has 0 fully saturated rings. The number of hydrogen-bond acceptors (Lipinski definition) is 5. The minimum absolute atomic E-state index is 0.0104. The van der Waals surface area contributed by atoms with Crippen molar-refractivity contribution < 1.29 is 36.6 Å². The molecule has 164 valence electrons. The Morgan fingerprint density at radius 2 is 1.50 bits per heavy atom. The lowest BCUT2D eigenvalue weighted by Crippen LogP contribution is -2.38. The fourth-order valence-corrected chi connectivity index (χ4v) is 3.78. The van der Waals surface area contributed by atoms with Crippen molar-refractivity contribution in [2.45, 2.75) is 32.6 Å². The zero-order chi connectivity index (χ0) is 22.6. The Morgan fingerprint density at radius 3 is 1.87 bits per heavy atom. The van der Waals surface area contributed by atoms with E-state index in [9.17, 15) is 27.2 Å². The minimum Gasteiger partial charge on any atom is -0.463 e. The number of esters is 2. The van der Waals surface area contributed by atoms with Gasteiger partial charge in [0.05, 0.1) is 41.7 Å². The van der Waals surface area contributed by atoms with Gasteiger partial charge in [-0.3, -0.25) is 0 Å². The van der Waals surface area contributed by atoms with Crippen molar-refractivity contribution in [3.8, 4) is 0 Å². The summed E-state index contributed by atoms with van der Waals surface area (Å²) in [5.74, 6) is -4.04. The van der Waals surface area contributed by atoms with Crippen molar-refractivity contribution in [3.05, 3.63) is 55.8 Å². The lowest BCUT2D eigenvalue weighted by molar-refractivity contribution is -0.139. The zero-order valence-electron chi connectivity index (χ0n) is 15.8. The minimum atomic E-state index is -3.33. The van der Waals surface area contributed by atoms with Gasteiger partial charge in [0.2, 0.25) is 0 Å². The van der Waals surface area contributed by atoms with Crippen LogP contribution in [-0.2, 0) is 19.1 Å². The highest BCUT2D eigenvalue weighted by atomic mass is 79.9. The molecule has 0 spiro atoms. The summed E-state index contributed by atoms with van der Waals surface area (Å²) in [7, 11) is 0. The summed E-state index contributed by atoms with van der Waals surface area (Å²) in [5, 5.41) is 1.83. The van der Waals surface area contributed by atoms with E-state index in [-0.39, 0.29) is 23.8 Å². The summed E-state index contributed by atoms with van der Waals surface area (Å²) in [5.41, 5.74) is -3.56. The van der Waals surface area contributed by atoms with Crippen LogP contribution in [0.2, 0.25) is 5.02 Å². The van der Waals surface area contributed by atoms with Crippen LogP contribution >= 0.6 is 27.5 Å². The normalized spacial score (nSPS) is 15.0. The Morgan fingerprint density at radius 1 is 1.03 bits per heavy atom. The Hall–Kier alpha value is -2.07. The van der Waals surface area contributed by atoms with E-state index in [1.54, 1.807) is 0 Å². The second-order valence-corrected chi connectivity index (χ2v) is 7.24. The zero-order valence-corrected chi connectivity index (χ0v) is 18.1. The fraction of sp³-hybridized carbons (Fsp3) is 0.368. The average molecular weight is 515 g/mol. The van der Waals surface area contributed by atoms with Crippen molar-refractivity contribution in [2.75, 3.05) is 13.2 Å². The van der Waals surface area contributed by atoms with Crippen molar-refractivity contribution in [2.24, 2.45) is 0 Å². The van der Waals surface area contributed by atoms with Gasteiger partial charge in [-0.15, -0.1) is 0 Å². The Bertz CT molecular complexity index is 859. The summed E-state index contributed by atoms with van der Waals surface area (Å²) in [6.45, 7) is 2.57.